The fourth-order valence-corrected chi connectivity index (χ4v) is 4.37. The third-order valence-corrected chi connectivity index (χ3v) is 6.43. The first-order chi connectivity index (χ1) is 12.3. The van der Waals surface area contributed by atoms with Crippen LogP contribution in [0.5, 0.6) is 0 Å². The molecular weight excluding hydrogens is 368 g/mol. The molecule has 7 heteroatoms. The molecular formula is C19H24N2O3S2. The zero-order valence-electron chi connectivity index (χ0n) is 15.4. The van der Waals surface area contributed by atoms with Gasteiger partial charge in [0.2, 0.25) is 0 Å². The van der Waals surface area contributed by atoms with Crippen LogP contribution in [-0.4, -0.2) is 33.2 Å². The molecule has 0 aliphatic carbocycles. The molecule has 140 valence electrons. The van der Waals surface area contributed by atoms with Crippen molar-refractivity contribution in [1.29, 1.82) is 0 Å². The maximum Gasteiger partial charge on any atom is 0.264 e. The lowest BCUT2D eigenvalue weighted by Gasteiger charge is -2.23. The molecule has 0 atom stereocenters. The first-order valence-corrected chi connectivity index (χ1v) is 11.0. The molecule has 0 fully saturated rings. The van der Waals surface area contributed by atoms with E-state index in [4.69, 9.17) is 0 Å². The van der Waals surface area contributed by atoms with Crippen molar-refractivity contribution >= 4 is 33.4 Å². The number of sulfonamides is 1. The maximum absolute atomic E-state index is 13.0. The Labute approximate surface area is 159 Å². The molecule has 0 spiro atoms. The highest BCUT2D eigenvalue weighted by Crippen LogP contribution is 2.25. The van der Waals surface area contributed by atoms with Gasteiger partial charge in [0.15, 0.2) is 0 Å². The van der Waals surface area contributed by atoms with Crippen LogP contribution in [0.2, 0.25) is 0 Å². The van der Waals surface area contributed by atoms with E-state index in [1.165, 1.54) is 4.31 Å². The van der Waals surface area contributed by atoms with Gasteiger partial charge in [-0.2, -0.15) is 0 Å². The molecule has 0 radical (unpaired) electrons. The molecule has 2 rings (SSSR count). The number of nitrogens with zero attached hydrogens (tertiary/aromatic N) is 1. The van der Waals surface area contributed by atoms with E-state index in [0.717, 1.165) is 4.90 Å². The summed E-state index contributed by atoms with van der Waals surface area (Å²) in [6.45, 7) is 5.86. The summed E-state index contributed by atoms with van der Waals surface area (Å²) in [7, 11) is -3.66. The van der Waals surface area contributed by atoms with Crippen molar-refractivity contribution in [2.24, 2.45) is 0 Å². The smallest absolute Gasteiger partial charge is 0.264 e. The monoisotopic (exact) mass is 392 g/mol. The fourth-order valence-electron chi connectivity index (χ4n) is 2.49. The molecule has 2 aromatic rings. The van der Waals surface area contributed by atoms with Crippen LogP contribution in [0.15, 0.2) is 58.3 Å². The van der Waals surface area contributed by atoms with Gasteiger partial charge in [0.05, 0.1) is 10.6 Å². The van der Waals surface area contributed by atoms with Gasteiger partial charge in [-0.1, -0.05) is 0 Å². The summed E-state index contributed by atoms with van der Waals surface area (Å²) >= 11 is 1.56. The summed E-state index contributed by atoms with van der Waals surface area (Å²) in [4.78, 5) is 13.3. The van der Waals surface area contributed by atoms with Crippen LogP contribution in [0, 0.1) is 0 Å². The average molecular weight is 393 g/mol. The molecule has 0 saturated heterocycles. The van der Waals surface area contributed by atoms with E-state index >= 15 is 0 Å². The highest BCUT2D eigenvalue weighted by atomic mass is 32.2. The van der Waals surface area contributed by atoms with Crippen molar-refractivity contribution in [1.82, 2.24) is 5.32 Å². The Balaban J connectivity index is 2.30. The Kier molecular flexibility index (Phi) is 6.72. The van der Waals surface area contributed by atoms with Gasteiger partial charge in [0, 0.05) is 23.0 Å². The first kappa shape index (κ1) is 20.3. The van der Waals surface area contributed by atoms with Crippen molar-refractivity contribution in [3.8, 4) is 0 Å². The minimum Gasteiger partial charge on any atom is -0.350 e. The standard InChI is InChI=1S/C19H24N2O3S2/c1-5-21(26(23,24)18-12-10-17(25-4)11-13-18)16-8-6-15(7-9-16)19(22)20-14(2)3/h6-14H,5H2,1-4H3,(H,20,22). The first-order valence-electron chi connectivity index (χ1n) is 8.37. The Morgan fingerprint density at radius 1 is 1.08 bits per heavy atom. The zero-order chi connectivity index (χ0) is 19.3. The third-order valence-electron chi connectivity index (χ3n) is 3.77. The Morgan fingerprint density at radius 3 is 2.12 bits per heavy atom. The highest BCUT2D eigenvalue weighted by Gasteiger charge is 2.23. The maximum atomic E-state index is 13.0. The zero-order valence-corrected chi connectivity index (χ0v) is 17.0. The quantitative estimate of drug-likeness (QED) is 0.729. The van der Waals surface area contributed by atoms with E-state index in [0.29, 0.717) is 17.8 Å². The molecule has 0 bridgehead atoms. The number of carbonyl (C=O) groups is 1. The number of nitrogens with one attached hydrogen (secondary N) is 1. The van der Waals surface area contributed by atoms with Crippen molar-refractivity contribution in [2.75, 3.05) is 17.1 Å². The normalized spacial score (nSPS) is 11.4. The van der Waals surface area contributed by atoms with Crippen LogP contribution in [0.3, 0.4) is 0 Å². The van der Waals surface area contributed by atoms with Gasteiger partial charge in [-0.3, -0.25) is 9.10 Å². The van der Waals surface area contributed by atoms with Crippen molar-refractivity contribution < 1.29 is 13.2 Å². The molecule has 5 nitrogen and oxygen atoms in total. The Bertz CT molecular complexity index is 845. The average Bonchev–Trinajstić information content (AvgIpc) is 2.62. The highest BCUT2D eigenvalue weighted by molar-refractivity contribution is 7.98. The Morgan fingerprint density at radius 2 is 1.65 bits per heavy atom. The van der Waals surface area contributed by atoms with Crippen LogP contribution < -0.4 is 9.62 Å². The minimum atomic E-state index is -3.66. The summed E-state index contributed by atoms with van der Waals surface area (Å²) in [6, 6.07) is 13.5. The van der Waals surface area contributed by atoms with E-state index in [9.17, 15) is 13.2 Å². The van der Waals surface area contributed by atoms with Crippen molar-refractivity contribution in [3.63, 3.8) is 0 Å². The van der Waals surface area contributed by atoms with Gasteiger partial charge in [0.1, 0.15) is 0 Å². The molecule has 0 saturated carbocycles. The second-order valence-corrected chi connectivity index (χ2v) is 8.76. The van der Waals surface area contributed by atoms with Gasteiger partial charge in [-0.05, 0) is 75.6 Å². The van der Waals surface area contributed by atoms with Crippen LogP contribution in [0.1, 0.15) is 31.1 Å². The van der Waals surface area contributed by atoms with E-state index in [1.54, 1.807) is 67.2 Å². The van der Waals surface area contributed by atoms with Crippen LogP contribution in [-0.2, 0) is 10.0 Å². The molecule has 0 unspecified atom stereocenters. The number of carbonyl (C=O) groups excluding carboxylic acids is 1. The molecule has 1 amide bonds. The summed E-state index contributed by atoms with van der Waals surface area (Å²) in [6.07, 6.45) is 1.94. The lowest BCUT2D eigenvalue weighted by molar-refractivity contribution is 0.0943. The minimum absolute atomic E-state index is 0.0407. The van der Waals surface area contributed by atoms with Gasteiger partial charge >= 0.3 is 0 Å². The van der Waals surface area contributed by atoms with Crippen LogP contribution in [0.4, 0.5) is 5.69 Å². The molecule has 0 aromatic heterocycles. The number of amides is 1. The largest absolute Gasteiger partial charge is 0.350 e. The number of anilines is 1. The van der Waals surface area contributed by atoms with Gasteiger partial charge in [-0.15, -0.1) is 11.8 Å². The summed E-state index contributed by atoms with van der Waals surface area (Å²) in [5.74, 6) is -0.176. The molecule has 26 heavy (non-hydrogen) atoms. The fraction of sp³-hybridized carbons (Fsp3) is 0.316. The van der Waals surface area contributed by atoms with E-state index in [-0.39, 0.29) is 16.8 Å². The number of rotatable bonds is 7. The number of thioether (sulfide) groups is 1. The lowest BCUT2D eigenvalue weighted by atomic mass is 10.2. The number of hydrogen-bond donors (Lipinski definition) is 1. The van der Waals surface area contributed by atoms with Gasteiger partial charge < -0.3 is 5.32 Å². The van der Waals surface area contributed by atoms with E-state index in [1.807, 2.05) is 20.1 Å². The molecule has 0 aliphatic heterocycles. The topological polar surface area (TPSA) is 66.5 Å². The second-order valence-electron chi connectivity index (χ2n) is 6.02. The van der Waals surface area contributed by atoms with Crippen LogP contribution >= 0.6 is 11.8 Å². The summed E-state index contributed by atoms with van der Waals surface area (Å²) in [5.41, 5.74) is 1.03. The molecule has 0 heterocycles. The lowest BCUT2D eigenvalue weighted by Crippen LogP contribution is -2.31. The van der Waals surface area contributed by atoms with E-state index in [2.05, 4.69) is 5.32 Å². The summed E-state index contributed by atoms with van der Waals surface area (Å²) in [5, 5.41) is 2.82. The van der Waals surface area contributed by atoms with Gasteiger partial charge in [-0.25, -0.2) is 8.42 Å². The van der Waals surface area contributed by atoms with Crippen molar-refractivity contribution in [2.45, 2.75) is 36.6 Å². The summed E-state index contributed by atoms with van der Waals surface area (Å²) < 4.78 is 27.3. The van der Waals surface area contributed by atoms with Crippen molar-refractivity contribution in [3.05, 3.63) is 54.1 Å². The number of benzene rings is 2. The SMILES string of the molecule is CCN(c1ccc(C(=O)NC(C)C)cc1)S(=O)(=O)c1ccc(SC)cc1. The molecule has 0 aliphatic rings. The second kappa shape index (κ2) is 8.60. The Hall–Kier alpha value is -1.99. The molecule has 1 N–H and O–H groups in total. The predicted molar refractivity (Wildman–Crippen MR) is 107 cm³/mol. The van der Waals surface area contributed by atoms with Crippen LogP contribution in [0.25, 0.3) is 0 Å². The predicted octanol–water partition coefficient (Wildman–Crippen LogP) is 3.76. The molecule has 2 aromatic carbocycles. The van der Waals surface area contributed by atoms with Gasteiger partial charge in [0.25, 0.3) is 15.9 Å². The number of hydrogen-bond acceptors (Lipinski definition) is 4. The third kappa shape index (κ3) is 4.59. The van der Waals surface area contributed by atoms with E-state index < -0.39 is 10.0 Å².